The average Bonchev–Trinajstić information content (AvgIpc) is 2.41. The van der Waals surface area contributed by atoms with Gasteiger partial charge in [-0.1, -0.05) is 23.8 Å². The molecule has 0 aromatic heterocycles. The molecule has 0 saturated carbocycles. The number of aryl methyl sites for hydroxylation is 2. The van der Waals surface area contributed by atoms with Crippen LogP contribution in [0, 0.1) is 13.8 Å². The van der Waals surface area contributed by atoms with E-state index in [2.05, 4.69) is 0 Å². The van der Waals surface area contributed by atoms with Crippen molar-refractivity contribution in [2.24, 2.45) is 0 Å². The van der Waals surface area contributed by atoms with Gasteiger partial charge in [-0.3, -0.25) is 4.31 Å². The monoisotopic (exact) mass is 304 g/mol. The van der Waals surface area contributed by atoms with Crippen molar-refractivity contribution in [2.45, 2.75) is 25.7 Å². The first-order valence-electron chi connectivity index (χ1n) is 6.82. The smallest absolute Gasteiger partial charge is 0.266 e. The molecule has 2 rings (SSSR count). The van der Waals surface area contributed by atoms with E-state index in [1.165, 1.54) is 4.31 Å². The van der Waals surface area contributed by atoms with Crippen LogP contribution in [-0.4, -0.2) is 15.0 Å². The van der Waals surface area contributed by atoms with Crippen LogP contribution >= 0.6 is 0 Å². The van der Waals surface area contributed by atoms with Crippen LogP contribution in [0.4, 0.5) is 11.4 Å². The maximum absolute atomic E-state index is 12.8. The Balaban J connectivity index is 2.51. The van der Waals surface area contributed by atoms with Crippen molar-refractivity contribution in [3.63, 3.8) is 0 Å². The topological polar surface area (TPSA) is 63.4 Å². The summed E-state index contributed by atoms with van der Waals surface area (Å²) >= 11 is 0. The summed E-state index contributed by atoms with van der Waals surface area (Å²) < 4.78 is 27.0. The molecule has 0 aliphatic rings. The van der Waals surface area contributed by atoms with E-state index >= 15 is 0 Å². The predicted octanol–water partition coefficient (Wildman–Crippen LogP) is 3.10. The van der Waals surface area contributed by atoms with Gasteiger partial charge >= 0.3 is 0 Å². The molecule has 112 valence electrons. The zero-order valence-electron chi connectivity index (χ0n) is 12.5. The molecule has 5 heteroatoms. The molecular weight excluding hydrogens is 284 g/mol. The first kappa shape index (κ1) is 15.4. The fourth-order valence-electron chi connectivity index (χ4n) is 2.22. The second-order valence-electron chi connectivity index (χ2n) is 5.05. The first-order valence-corrected chi connectivity index (χ1v) is 8.26. The van der Waals surface area contributed by atoms with Gasteiger partial charge in [0.25, 0.3) is 10.0 Å². The highest BCUT2D eigenvalue weighted by molar-refractivity contribution is 7.93. The zero-order chi connectivity index (χ0) is 15.6. The number of nitrogen functional groups attached to an aromatic ring is 1. The Morgan fingerprint density at radius 3 is 2.10 bits per heavy atom. The minimum absolute atomic E-state index is 0.149. The third-order valence-electron chi connectivity index (χ3n) is 3.34. The molecular formula is C16H20N2O2S. The van der Waals surface area contributed by atoms with Gasteiger partial charge in [0.1, 0.15) is 4.90 Å². The average molecular weight is 304 g/mol. The van der Waals surface area contributed by atoms with Crippen LogP contribution in [0.15, 0.2) is 47.4 Å². The lowest BCUT2D eigenvalue weighted by Crippen LogP contribution is -2.31. The van der Waals surface area contributed by atoms with E-state index in [0.717, 1.165) is 11.1 Å². The van der Waals surface area contributed by atoms with E-state index < -0.39 is 10.0 Å². The number of hydrogen-bond acceptors (Lipinski definition) is 3. The third kappa shape index (κ3) is 3.03. The lowest BCUT2D eigenvalue weighted by molar-refractivity contribution is 0.592. The minimum atomic E-state index is -3.66. The summed E-state index contributed by atoms with van der Waals surface area (Å²) in [4.78, 5) is 0.149. The Labute approximate surface area is 126 Å². The number of nitrogens with zero attached hydrogens (tertiary/aromatic N) is 1. The van der Waals surface area contributed by atoms with Crippen molar-refractivity contribution in [3.05, 3.63) is 53.6 Å². The summed E-state index contributed by atoms with van der Waals surface area (Å²) in [5.41, 5.74) is 8.84. The Kier molecular flexibility index (Phi) is 4.23. The van der Waals surface area contributed by atoms with Crippen LogP contribution in [0.25, 0.3) is 0 Å². The molecule has 0 bridgehead atoms. The van der Waals surface area contributed by atoms with Crippen molar-refractivity contribution >= 4 is 21.4 Å². The first-order chi connectivity index (χ1) is 9.86. The Morgan fingerprint density at radius 2 is 1.57 bits per heavy atom. The highest BCUT2D eigenvalue weighted by Gasteiger charge is 2.25. The number of rotatable bonds is 4. The van der Waals surface area contributed by atoms with Gasteiger partial charge in [0.2, 0.25) is 0 Å². The molecule has 0 unspecified atom stereocenters. The maximum Gasteiger partial charge on any atom is 0.266 e. The molecule has 0 aliphatic heterocycles. The second-order valence-corrected chi connectivity index (χ2v) is 6.88. The molecule has 0 radical (unpaired) electrons. The molecule has 0 fully saturated rings. The van der Waals surface area contributed by atoms with Gasteiger partial charge in [-0.25, -0.2) is 8.42 Å². The van der Waals surface area contributed by atoms with Gasteiger partial charge < -0.3 is 5.73 Å². The van der Waals surface area contributed by atoms with E-state index in [1.54, 1.807) is 30.3 Å². The van der Waals surface area contributed by atoms with Gasteiger partial charge in [-0.2, -0.15) is 0 Å². The van der Waals surface area contributed by atoms with Crippen molar-refractivity contribution in [2.75, 3.05) is 16.6 Å². The van der Waals surface area contributed by atoms with Gasteiger partial charge in [0.05, 0.1) is 11.4 Å². The van der Waals surface area contributed by atoms with Crippen molar-refractivity contribution < 1.29 is 8.42 Å². The molecule has 0 spiro atoms. The number of benzene rings is 2. The maximum atomic E-state index is 12.8. The SMILES string of the molecule is CCN(c1ccc(C)cc1)S(=O)(=O)c1ccc(C)cc1N. The van der Waals surface area contributed by atoms with Crippen LogP contribution in [-0.2, 0) is 10.0 Å². The summed E-state index contributed by atoms with van der Waals surface area (Å²) in [6.45, 7) is 6.00. The molecule has 0 saturated heterocycles. The van der Waals surface area contributed by atoms with Gasteiger partial charge in [0, 0.05) is 6.54 Å². The largest absolute Gasteiger partial charge is 0.398 e. The highest BCUT2D eigenvalue weighted by atomic mass is 32.2. The molecule has 0 aliphatic carbocycles. The number of nitrogens with two attached hydrogens (primary N) is 1. The standard InChI is InChI=1S/C16H20N2O2S/c1-4-18(14-8-5-12(2)6-9-14)21(19,20)16-10-7-13(3)11-15(16)17/h5-11H,4,17H2,1-3H3. The molecule has 4 nitrogen and oxygen atoms in total. The van der Waals surface area contributed by atoms with Gasteiger partial charge in [-0.05, 0) is 50.6 Å². The van der Waals surface area contributed by atoms with Gasteiger partial charge in [-0.15, -0.1) is 0 Å². The number of sulfonamides is 1. The van der Waals surface area contributed by atoms with Crippen LogP contribution in [0.3, 0.4) is 0 Å². The third-order valence-corrected chi connectivity index (χ3v) is 5.32. The number of hydrogen-bond donors (Lipinski definition) is 1. The van der Waals surface area contributed by atoms with Crippen molar-refractivity contribution in [1.29, 1.82) is 0 Å². The van der Waals surface area contributed by atoms with Crippen molar-refractivity contribution in [1.82, 2.24) is 0 Å². The fraction of sp³-hybridized carbons (Fsp3) is 0.250. The molecule has 0 amide bonds. The molecule has 21 heavy (non-hydrogen) atoms. The van der Waals surface area contributed by atoms with E-state index in [0.29, 0.717) is 12.2 Å². The minimum Gasteiger partial charge on any atom is -0.398 e. The normalized spacial score (nSPS) is 11.4. The number of anilines is 2. The summed E-state index contributed by atoms with van der Waals surface area (Å²) in [5, 5.41) is 0. The van der Waals surface area contributed by atoms with E-state index in [1.807, 2.05) is 32.9 Å². The lowest BCUT2D eigenvalue weighted by Gasteiger charge is -2.24. The predicted molar refractivity (Wildman–Crippen MR) is 87.0 cm³/mol. The Morgan fingerprint density at radius 1 is 1.00 bits per heavy atom. The van der Waals surface area contributed by atoms with Crippen molar-refractivity contribution in [3.8, 4) is 0 Å². The molecule has 2 N–H and O–H groups in total. The summed E-state index contributed by atoms with van der Waals surface area (Å²) in [7, 11) is -3.66. The summed E-state index contributed by atoms with van der Waals surface area (Å²) in [6.07, 6.45) is 0. The van der Waals surface area contributed by atoms with E-state index in [9.17, 15) is 8.42 Å². The van der Waals surface area contributed by atoms with E-state index in [4.69, 9.17) is 5.73 Å². The van der Waals surface area contributed by atoms with E-state index in [-0.39, 0.29) is 10.6 Å². The fourth-order valence-corrected chi connectivity index (χ4v) is 3.80. The summed E-state index contributed by atoms with van der Waals surface area (Å²) in [5.74, 6) is 0. The van der Waals surface area contributed by atoms with Crippen LogP contribution in [0.1, 0.15) is 18.1 Å². The Hall–Kier alpha value is -2.01. The summed E-state index contributed by atoms with van der Waals surface area (Å²) in [6, 6.07) is 12.4. The molecule has 2 aromatic carbocycles. The Bertz CT molecular complexity index is 737. The quantitative estimate of drug-likeness (QED) is 0.883. The highest BCUT2D eigenvalue weighted by Crippen LogP contribution is 2.27. The molecule has 0 atom stereocenters. The zero-order valence-corrected chi connectivity index (χ0v) is 13.3. The van der Waals surface area contributed by atoms with Crippen LogP contribution < -0.4 is 10.0 Å². The lowest BCUT2D eigenvalue weighted by atomic mass is 10.2. The molecule has 0 heterocycles. The van der Waals surface area contributed by atoms with Gasteiger partial charge in [0.15, 0.2) is 0 Å². The van der Waals surface area contributed by atoms with Crippen LogP contribution in [0.5, 0.6) is 0 Å². The van der Waals surface area contributed by atoms with Crippen LogP contribution in [0.2, 0.25) is 0 Å². The molecule has 2 aromatic rings. The second kappa shape index (κ2) is 5.77.